The van der Waals surface area contributed by atoms with Gasteiger partial charge in [-0.2, -0.15) is 13.2 Å². The number of carbonyl (C=O) groups excluding carboxylic acids is 1. The third-order valence-corrected chi connectivity index (χ3v) is 5.98. The summed E-state index contributed by atoms with van der Waals surface area (Å²) < 4.78 is 41.5. The summed E-state index contributed by atoms with van der Waals surface area (Å²) in [4.78, 5) is 19.4. The Balaban J connectivity index is 1.73. The van der Waals surface area contributed by atoms with Crippen LogP contribution in [0.4, 0.5) is 18.9 Å². The molecule has 1 aliphatic heterocycles. The van der Waals surface area contributed by atoms with Crippen LogP contribution in [0.1, 0.15) is 19.2 Å². The van der Waals surface area contributed by atoms with Crippen LogP contribution in [-0.4, -0.2) is 27.3 Å². The van der Waals surface area contributed by atoms with Crippen molar-refractivity contribution in [3.63, 3.8) is 0 Å². The molecule has 2 aromatic carbocycles. The Morgan fingerprint density at radius 1 is 1.18 bits per heavy atom. The zero-order valence-electron chi connectivity index (χ0n) is 15.1. The Morgan fingerprint density at radius 2 is 1.89 bits per heavy atom. The molecule has 146 valence electrons. The lowest BCUT2D eigenvalue weighted by Gasteiger charge is -2.23. The summed E-state index contributed by atoms with van der Waals surface area (Å²) in [6, 6.07) is 13.9. The van der Waals surface area contributed by atoms with Crippen molar-refractivity contribution >= 4 is 34.4 Å². The number of para-hydroxylation sites is 3. The van der Waals surface area contributed by atoms with Crippen LogP contribution in [0.2, 0.25) is 0 Å². The number of benzene rings is 2. The van der Waals surface area contributed by atoms with Gasteiger partial charge in [0.2, 0.25) is 11.7 Å². The minimum Gasteiger partial charge on any atom is -0.311 e. The number of amides is 1. The van der Waals surface area contributed by atoms with Crippen LogP contribution in [0.3, 0.4) is 0 Å². The van der Waals surface area contributed by atoms with E-state index in [0.717, 1.165) is 21.6 Å². The second-order valence-corrected chi connectivity index (χ2v) is 8.22. The average molecular weight is 405 g/mol. The first-order chi connectivity index (χ1) is 13.3. The van der Waals surface area contributed by atoms with Gasteiger partial charge in [-0.05, 0) is 30.7 Å². The molecule has 1 atom stereocenters. The Labute approximate surface area is 164 Å². The SMILES string of the molecule is CC1CCN(C(=O)Cn2c(C(F)(F)F)nc3ccccc32)c2ccccc2S1. The third-order valence-electron chi connectivity index (χ3n) is 4.75. The topological polar surface area (TPSA) is 38.1 Å². The number of aromatic nitrogens is 2. The molecular formula is C20H18F3N3OS. The molecule has 0 saturated carbocycles. The molecule has 1 amide bonds. The van der Waals surface area contributed by atoms with E-state index in [0.29, 0.717) is 17.3 Å². The van der Waals surface area contributed by atoms with Crippen LogP contribution >= 0.6 is 11.8 Å². The largest absolute Gasteiger partial charge is 0.449 e. The zero-order chi connectivity index (χ0) is 19.9. The monoisotopic (exact) mass is 405 g/mol. The van der Waals surface area contributed by atoms with Crippen molar-refractivity contribution in [2.75, 3.05) is 11.4 Å². The molecule has 0 bridgehead atoms. The number of hydrogen-bond acceptors (Lipinski definition) is 3. The minimum absolute atomic E-state index is 0.225. The van der Waals surface area contributed by atoms with E-state index in [1.165, 1.54) is 6.07 Å². The molecule has 0 fully saturated rings. The summed E-state index contributed by atoms with van der Waals surface area (Å²) in [5.74, 6) is -1.43. The van der Waals surface area contributed by atoms with Gasteiger partial charge in [0.25, 0.3) is 0 Å². The van der Waals surface area contributed by atoms with Crippen molar-refractivity contribution in [1.29, 1.82) is 0 Å². The molecule has 0 aliphatic carbocycles. The smallest absolute Gasteiger partial charge is 0.311 e. The molecule has 4 rings (SSSR count). The van der Waals surface area contributed by atoms with Crippen LogP contribution in [0.5, 0.6) is 0 Å². The standard InChI is InChI=1S/C20H18F3N3OS/c1-13-10-11-25(16-8-4-5-9-17(16)28-13)18(27)12-26-15-7-3-2-6-14(15)24-19(26)20(21,22)23/h2-9,13H,10-12H2,1H3. The van der Waals surface area contributed by atoms with Gasteiger partial charge in [-0.3, -0.25) is 4.79 Å². The first-order valence-electron chi connectivity index (χ1n) is 8.93. The number of alkyl halides is 3. The molecule has 2 heterocycles. The minimum atomic E-state index is -4.64. The fourth-order valence-corrected chi connectivity index (χ4v) is 4.53. The molecule has 0 spiro atoms. The third kappa shape index (κ3) is 3.48. The highest BCUT2D eigenvalue weighted by atomic mass is 32.2. The summed E-state index contributed by atoms with van der Waals surface area (Å²) >= 11 is 1.68. The van der Waals surface area contributed by atoms with Gasteiger partial charge in [0, 0.05) is 16.7 Å². The normalized spacial score (nSPS) is 17.4. The van der Waals surface area contributed by atoms with Crippen molar-refractivity contribution in [1.82, 2.24) is 9.55 Å². The highest BCUT2D eigenvalue weighted by Gasteiger charge is 2.38. The van der Waals surface area contributed by atoms with Crippen LogP contribution in [-0.2, 0) is 17.5 Å². The van der Waals surface area contributed by atoms with E-state index >= 15 is 0 Å². The van der Waals surface area contributed by atoms with Crippen LogP contribution < -0.4 is 4.90 Å². The van der Waals surface area contributed by atoms with Crippen molar-refractivity contribution in [2.45, 2.75) is 36.2 Å². The number of fused-ring (bicyclic) bond motifs is 2. The lowest BCUT2D eigenvalue weighted by Crippen LogP contribution is -2.35. The molecule has 8 heteroatoms. The van der Waals surface area contributed by atoms with Crippen molar-refractivity contribution in [3.8, 4) is 0 Å². The number of halogens is 3. The number of carbonyl (C=O) groups is 1. The van der Waals surface area contributed by atoms with Gasteiger partial charge in [-0.25, -0.2) is 4.98 Å². The summed E-state index contributed by atoms with van der Waals surface area (Å²) in [6.07, 6.45) is -3.87. The van der Waals surface area contributed by atoms with E-state index in [2.05, 4.69) is 11.9 Å². The van der Waals surface area contributed by atoms with Crippen LogP contribution in [0.25, 0.3) is 11.0 Å². The van der Waals surface area contributed by atoms with Gasteiger partial charge < -0.3 is 9.47 Å². The van der Waals surface area contributed by atoms with Gasteiger partial charge >= 0.3 is 6.18 Å². The molecule has 1 aromatic heterocycles. The number of anilines is 1. The summed E-state index contributed by atoms with van der Waals surface area (Å²) in [6.45, 7) is 2.14. The lowest BCUT2D eigenvalue weighted by molar-refractivity contribution is -0.147. The molecule has 1 unspecified atom stereocenters. The fourth-order valence-electron chi connectivity index (χ4n) is 3.42. The average Bonchev–Trinajstić information content (AvgIpc) is 2.93. The molecule has 28 heavy (non-hydrogen) atoms. The predicted molar refractivity (Wildman–Crippen MR) is 103 cm³/mol. The molecule has 0 radical (unpaired) electrons. The molecule has 0 saturated heterocycles. The molecule has 0 N–H and O–H groups in total. The number of imidazole rings is 1. The van der Waals surface area contributed by atoms with E-state index < -0.39 is 18.5 Å². The number of rotatable bonds is 2. The summed E-state index contributed by atoms with van der Waals surface area (Å²) in [5.41, 5.74) is 1.27. The number of hydrogen-bond donors (Lipinski definition) is 0. The van der Waals surface area contributed by atoms with E-state index in [4.69, 9.17) is 0 Å². The highest BCUT2D eigenvalue weighted by Crippen LogP contribution is 2.38. The van der Waals surface area contributed by atoms with E-state index in [1.54, 1.807) is 34.9 Å². The van der Waals surface area contributed by atoms with Crippen LogP contribution in [0, 0.1) is 0 Å². The quantitative estimate of drug-likeness (QED) is 0.604. The Morgan fingerprint density at radius 3 is 2.68 bits per heavy atom. The van der Waals surface area contributed by atoms with Crippen molar-refractivity contribution in [2.24, 2.45) is 0 Å². The Hall–Kier alpha value is -2.48. The molecule has 4 nitrogen and oxygen atoms in total. The number of nitrogens with zero attached hydrogens (tertiary/aromatic N) is 3. The van der Waals surface area contributed by atoms with Crippen molar-refractivity contribution < 1.29 is 18.0 Å². The van der Waals surface area contributed by atoms with E-state index in [1.807, 2.05) is 24.3 Å². The second kappa shape index (κ2) is 7.16. The predicted octanol–water partition coefficient (Wildman–Crippen LogP) is 4.97. The fraction of sp³-hybridized carbons (Fsp3) is 0.300. The van der Waals surface area contributed by atoms with Gasteiger partial charge in [0.15, 0.2) is 0 Å². The molecular weight excluding hydrogens is 387 g/mol. The Bertz CT molecular complexity index is 1030. The van der Waals surface area contributed by atoms with E-state index in [9.17, 15) is 18.0 Å². The first-order valence-corrected chi connectivity index (χ1v) is 9.81. The van der Waals surface area contributed by atoms with E-state index in [-0.39, 0.29) is 11.4 Å². The molecule has 1 aliphatic rings. The maximum absolute atomic E-state index is 13.5. The maximum atomic E-state index is 13.5. The number of thioether (sulfide) groups is 1. The van der Waals surface area contributed by atoms with Gasteiger partial charge in [0.05, 0.1) is 16.7 Å². The highest BCUT2D eigenvalue weighted by molar-refractivity contribution is 8.00. The summed E-state index contributed by atoms with van der Waals surface area (Å²) in [5, 5.41) is 0.318. The van der Waals surface area contributed by atoms with Crippen LogP contribution in [0.15, 0.2) is 53.4 Å². The zero-order valence-corrected chi connectivity index (χ0v) is 15.9. The van der Waals surface area contributed by atoms with Gasteiger partial charge in [0.1, 0.15) is 6.54 Å². The first kappa shape index (κ1) is 18.9. The van der Waals surface area contributed by atoms with Gasteiger partial charge in [-0.1, -0.05) is 31.2 Å². The molecule has 3 aromatic rings. The second-order valence-electron chi connectivity index (χ2n) is 6.74. The van der Waals surface area contributed by atoms with Gasteiger partial charge in [-0.15, -0.1) is 11.8 Å². The summed E-state index contributed by atoms with van der Waals surface area (Å²) in [7, 11) is 0. The van der Waals surface area contributed by atoms with Crippen molar-refractivity contribution in [3.05, 3.63) is 54.4 Å². The Kier molecular flexibility index (Phi) is 4.82. The lowest BCUT2D eigenvalue weighted by atomic mass is 10.2. The maximum Gasteiger partial charge on any atom is 0.449 e.